The molecular formula is C17H26. The minimum atomic E-state index is 0.723. The summed E-state index contributed by atoms with van der Waals surface area (Å²) in [5.74, 6) is 2.57. The fourth-order valence-electron chi connectivity index (χ4n) is 4.32. The third kappa shape index (κ3) is 2.00. The molecule has 0 bridgehead atoms. The highest BCUT2D eigenvalue weighted by Gasteiger charge is 2.33. The Balaban J connectivity index is 1.88. The Bertz CT molecular complexity index is 346. The Morgan fingerprint density at radius 2 is 1.41 bits per heavy atom. The second-order valence-corrected chi connectivity index (χ2v) is 6.47. The van der Waals surface area contributed by atoms with Gasteiger partial charge in [0.25, 0.3) is 0 Å². The predicted octanol–water partition coefficient (Wildman–Crippen LogP) is 5.26. The quantitative estimate of drug-likeness (QED) is 0.607. The standard InChI is InChI=1S/C17H26/c1-12-11-16(14-7-3-4-8-14)17(13(12)2)15-9-5-6-10-15/h11-12,14-15H,3-10H2,1-2H3. The van der Waals surface area contributed by atoms with Crippen molar-refractivity contribution in [2.75, 3.05) is 0 Å². The molecule has 3 aliphatic rings. The molecule has 0 radical (unpaired) electrons. The minimum absolute atomic E-state index is 0.723. The van der Waals surface area contributed by atoms with Crippen LogP contribution in [0.5, 0.6) is 0 Å². The Kier molecular flexibility index (Phi) is 3.15. The first kappa shape index (κ1) is 11.6. The van der Waals surface area contributed by atoms with E-state index in [1.807, 2.05) is 5.57 Å². The summed E-state index contributed by atoms with van der Waals surface area (Å²) in [6.45, 7) is 4.79. The summed E-state index contributed by atoms with van der Waals surface area (Å²) in [6, 6.07) is 0. The van der Waals surface area contributed by atoms with Crippen molar-refractivity contribution in [3.05, 3.63) is 22.8 Å². The Hall–Kier alpha value is -0.520. The maximum Gasteiger partial charge on any atom is -0.00424 e. The molecule has 17 heavy (non-hydrogen) atoms. The van der Waals surface area contributed by atoms with Crippen molar-refractivity contribution >= 4 is 0 Å². The van der Waals surface area contributed by atoms with E-state index >= 15 is 0 Å². The molecule has 1 unspecified atom stereocenters. The van der Waals surface area contributed by atoms with Gasteiger partial charge in [-0.15, -0.1) is 0 Å². The topological polar surface area (TPSA) is 0 Å². The van der Waals surface area contributed by atoms with Crippen molar-refractivity contribution in [1.82, 2.24) is 0 Å². The Morgan fingerprint density at radius 1 is 0.882 bits per heavy atom. The number of allylic oxidation sites excluding steroid dienone is 4. The SMILES string of the molecule is CC1=C(C2CCCC2)C(C2CCCC2)=CC1C. The van der Waals surface area contributed by atoms with Crippen LogP contribution in [-0.2, 0) is 0 Å². The smallest absolute Gasteiger partial charge is 0.00424 e. The molecule has 0 aliphatic heterocycles. The van der Waals surface area contributed by atoms with Crippen LogP contribution in [0.1, 0.15) is 65.2 Å². The second-order valence-electron chi connectivity index (χ2n) is 6.47. The molecule has 94 valence electrons. The van der Waals surface area contributed by atoms with Crippen molar-refractivity contribution < 1.29 is 0 Å². The molecule has 0 amide bonds. The van der Waals surface area contributed by atoms with E-state index in [0.29, 0.717) is 0 Å². The van der Waals surface area contributed by atoms with Crippen LogP contribution in [0.3, 0.4) is 0 Å². The average Bonchev–Trinajstić information content (AvgIpc) is 3.01. The zero-order chi connectivity index (χ0) is 11.8. The van der Waals surface area contributed by atoms with Gasteiger partial charge in [-0.05, 0) is 61.5 Å². The van der Waals surface area contributed by atoms with Gasteiger partial charge in [-0.3, -0.25) is 0 Å². The zero-order valence-electron chi connectivity index (χ0n) is 11.5. The molecule has 0 nitrogen and oxygen atoms in total. The molecule has 0 heteroatoms. The summed E-state index contributed by atoms with van der Waals surface area (Å²) >= 11 is 0. The van der Waals surface area contributed by atoms with E-state index in [-0.39, 0.29) is 0 Å². The van der Waals surface area contributed by atoms with Crippen molar-refractivity contribution in [2.45, 2.75) is 65.2 Å². The van der Waals surface area contributed by atoms with Gasteiger partial charge in [0.15, 0.2) is 0 Å². The van der Waals surface area contributed by atoms with Crippen LogP contribution in [0.4, 0.5) is 0 Å². The highest BCUT2D eigenvalue weighted by Crippen LogP contribution is 2.47. The summed E-state index contributed by atoms with van der Waals surface area (Å²) in [6.07, 6.45) is 14.3. The third-order valence-corrected chi connectivity index (χ3v) is 5.41. The van der Waals surface area contributed by atoms with Crippen LogP contribution in [-0.4, -0.2) is 0 Å². The molecule has 3 rings (SSSR count). The van der Waals surface area contributed by atoms with Gasteiger partial charge in [-0.2, -0.15) is 0 Å². The van der Waals surface area contributed by atoms with Crippen LogP contribution < -0.4 is 0 Å². The van der Waals surface area contributed by atoms with E-state index in [2.05, 4.69) is 19.9 Å². The molecule has 0 saturated heterocycles. The van der Waals surface area contributed by atoms with Crippen LogP contribution in [0, 0.1) is 17.8 Å². The first-order valence-electron chi connectivity index (χ1n) is 7.70. The third-order valence-electron chi connectivity index (χ3n) is 5.41. The van der Waals surface area contributed by atoms with E-state index in [1.165, 1.54) is 51.4 Å². The zero-order valence-corrected chi connectivity index (χ0v) is 11.5. The van der Waals surface area contributed by atoms with E-state index in [0.717, 1.165) is 17.8 Å². The lowest BCUT2D eigenvalue weighted by Gasteiger charge is -2.21. The molecule has 2 saturated carbocycles. The highest BCUT2D eigenvalue weighted by atomic mass is 14.4. The van der Waals surface area contributed by atoms with Crippen LogP contribution in [0.25, 0.3) is 0 Å². The Morgan fingerprint density at radius 3 is 2.00 bits per heavy atom. The molecular weight excluding hydrogens is 204 g/mol. The number of hydrogen-bond donors (Lipinski definition) is 0. The maximum atomic E-state index is 2.61. The van der Waals surface area contributed by atoms with Gasteiger partial charge in [0, 0.05) is 0 Å². The maximum absolute atomic E-state index is 2.61. The molecule has 0 N–H and O–H groups in total. The minimum Gasteiger partial charge on any atom is -0.0738 e. The van der Waals surface area contributed by atoms with Crippen LogP contribution >= 0.6 is 0 Å². The summed E-state index contributed by atoms with van der Waals surface area (Å²) < 4.78 is 0. The normalized spacial score (nSPS) is 31.6. The van der Waals surface area contributed by atoms with E-state index in [9.17, 15) is 0 Å². The monoisotopic (exact) mass is 230 g/mol. The van der Waals surface area contributed by atoms with Gasteiger partial charge in [0.2, 0.25) is 0 Å². The molecule has 3 aliphatic carbocycles. The first-order chi connectivity index (χ1) is 8.27. The molecule has 0 spiro atoms. The molecule has 0 aromatic carbocycles. The lowest BCUT2D eigenvalue weighted by molar-refractivity contribution is 0.587. The van der Waals surface area contributed by atoms with Crippen molar-refractivity contribution in [2.24, 2.45) is 17.8 Å². The fraction of sp³-hybridized carbons (Fsp3) is 0.765. The van der Waals surface area contributed by atoms with Crippen molar-refractivity contribution in [3.8, 4) is 0 Å². The fourth-order valence-corrected chi connectivity index (χ4v) is 4.32. The Labute approximate surface area is 106 Å². The van der Waals surface area contributed by atoms with Gasteiger partial charge in [0.1, 0.15) is 0 Å². The number of hydrogen-bond acceptors (Lipinski definition) is 0. The summed E-state index contributed by atoms with van der Waals surface area (Å²) in [5.41, 5.74) is 5.32. The van der Waals surface area contributed by atoms with Gasteiger partial charge < -0.3 is 0 Å². The number of rotatable bonds is 2. The van der Waals surface area contributed by atoms with Crippen molar-refractivity contribution in [1.29, 1.82) is 0 Å². The van der Waals surface area contributed by atoms with E-state index in [4.69, 9.17) is 0 Å². The molecule has 0 aromatic rings. The second kappa shape index (κ2) is 4.63. The van der Waals surface area contributed by atoms with Crippen LogP contribution in [0.2, 0.25) is 0 Å². The van der Waals surface area contributed by atoms with Crippen molar-refractivity contribution in [3.63, 3.8) is 0 Å². The predicted molar refractivity (Wildman–Crippen MR) is 73.9 cm³/mol. The largest absolute Gasteiger partial charge is 0.0738 e. The van der Waals surface area contributed by atoms with Gasteiger partial charge in [-0.25, -0.2) is 0 Å². The van der Waals surface area contributed by atoms with Gasteiger partial charge >= 0.3 is 0 Å². The highest BCUT2D eigenvalue weighted by molar-refractivity contribution is 5.47. The summed E-state index contributed by atoms with van der Waals surface area (Å²) in [4.78, 5) is 0. The molecule has 0 heterocycles. The molecule has 0 aromatic heterocycles. The first-order valence-corrected chi connectivity index (χ1v) is 7.70. The molecule has 2 fully saturated rings. The summed E-state index contributed by atoms with van der Waals surface area (Å²) in [5, 5.41) is 0. The average molecular weight is 230 g/mol. The lowest BCUT2D eigenvalue weighted by Crippen LogP contribution is -2.08. The summed E-state index contributed by atoms with van der Waals surface area (Å²) in [7, 11) is 0. The van der Waals surface area contributed by atoms with Crippen LogP contribution in [0.15, 0.2) is 22.8 Å². The molecule has 1 atom stereocenters. The van der Waals surface area contributed by atoms with E-state index in [1.54, 1.807) is 11.1 Å². The van der Waals surface area contributed by atoms with Gasteiger partial charge in [-0.1, -0.05) is 44.3 Å². The van der Waals surface area contributed by atoms with Gasteiger partial charge in [0.05, 0.1) is 0 Å². The van der Waals surface area contributed by atoms with E-state index < -0.39 is 0 Å². The lowest BCUT2D eigenvalue weighted by atomic mass is 9.84.